The van der Waals surface area contributed by atoms with Gasteiger partial charge in [0.05, 0.1) is 23.2 Å². The fourth-order valence-electron chi connectivity index (χ4n) is 3.59. The normalized spacial score (nSPS) is 16.3. The van der Waals surface area contributed by atoms with Crippen molar-refractivity contribution < 1.29 is 9.53 Å². The first-order valence-corrected chi connectivity index (χ1v) is 9.36. The standard InChI is InChI=1S/C23H23N3O2/c1-16-6-9-18(10-7-16)20-5-4-12-26(20)22(27)23(2,3)28-21-11-8-17(14-24)13-19(21)15-25/h6-11,13,20H,4-5,12H2,1-3H3. The molecule has 0 aromatic heterocycles. The van der Waals surface area contributed by atoms with Crippen LogP contribution < -0.4 is 4.74 Å². The molecule has 2 aromatic carbocycles. The number of likely N-dealkylation sites (tertiary alicyclic amines) is 1. The molecular formula is C23H23N3O2. The SMILES string of the molecule is Cc1ccc(C2CCCN2C(=O)C(C)(C)Oc2ccc(C#N)cc2C#N)cc1. The maximum Gasteiger partial charge on any atom is 0.266 e. The second-order valence-electron chi connectivity index (χ2n) is 7.61. The van der Waals surface area contributed by atoms with Gasteiger partial charge in [0.2, 0.25) is 0 Å². The minimum absolute atomic E-state index is 0.0346. The van der Waals surface area contributed by atoms with Crippen molar-refractivity contribution in [3.05, 3.63) is 64.7 Å². The number of carbonyl (C=O) groups excluding carboxylic acids is 1. The number of nitrogens with zero attached hydrogens (tertiary/aromatic N) is 3. The highest BCUT2D eigenvalue weighted by Crippen LogP contribution is 2.35. The van der Waals surface area contributed by atoms with E-state index in [4.69, 9.17) is 10.00 Å². The van der Waals surface area contributed by atoms with Crippen LogP contribution in [0.1, 0.15) is 55.0 Å². The second kappa shape index (κ2) is 7.74. The fourth-order valence-corrected chi connectivity index (χ4v) is 3.59. The van der Waals surface area contributed by atoms with Gasteiger partial charge in [0.1, 0.15) is 11.8 Å². The van der Waals surface area contributed by atoms with Gasteiger partial charge in [-0.25, -0.2) is 0 Å². The van der Waals surface area contributed by atoms with Crippen LogP contribution in [-0.4, -0.2) is 23.0 Å². The Kier molecular flexibility index (Phi) is 5.38. The van der Waals surface area contributed by atoms with Gasteiger partial charge in [-0.1, -0.05) is 29.8 Å². The van der Waals surface area contributed by atoms with Crippen molar-refractivity contribution in [2.75, 3.05) is 6.54 Å². The molecule has 1 heterocycles. The number of hydrogen-bond acceptors (Lipinski definition) is 4. The van der Waals surface area contributed by atoms with Crippen LogP contribution in [-0.2, 0) is 4.79 Å². The molecule has 0 saturated carbocycles. The van der Waals surface area contributed by atoms with Gasteiger partial charge < -0.3 is 9.64 Å². The van der Waals surface area contributed by atoms with Crippen LogP contribution in [0.3, 0.4) is 0 Å². The summed E-state index contributed by atoms with van der Waals surface area (Å²) in [7, 11) is 0. The van der Waals surface area contributed by atoms with Crippen LogP contribution in [0.4, 0.5) is 0 Å². The third-order valence-corrected chi connectivity index (χ3v) is 5.09. The number of carbonyl (C=O) groups is 1. The van der Waals surface area contributed by atoms with E-state index in [1.807, 2.05) is 24.0 Å². The molecule has 0 aliphatic carbocycles. The molecule has 1 saturated heterocycles. The van der Waals surface area contributed by atoms with E-state index in [0.29, 0.717) is 17.9 Å². The number of benzene rings is 2. The van der Waals surface area contributed by atoms with E-state index in [0.717, 1.165) is 18.4 Å². The molecule has 0 N–H and O–H groups in total. The van der Waals surface area contributed by atoms with Crippen molar-refractivity contribution in [1.82, 2.24) is 4.90 Å². The molecule has 1 aliphatic heterocycles. The highest BCUT2D eigenvalue weighted by atomic mass is 16.5. The lowest BCUT2D eigenvalue weighted by atomic mass is 10.0. The lowest BCUT2D eigenvalue weighted by Gasteiger charge is -2.34. The van der Waals surface area contributed by atoms with Crippen molar-refractivity contribution in [1.29, 1.82) is 10.5 Å². The third-order valence-electron chi connectivity index (χ3n) is 5.09. The summed E-state index contributed by atoms with van der Waals surface area (Å²) in [6.45, 7) is 6.17. The summed E-state index contributed by atoms with van der Waals surface area (Å²) in [6.07, 6.45) is 1.87. The number of rotatable bonds is 4. The Labute approximate surface area is 165 Å². The van der Waals surface area contributed by atoms with Crippen LogP contribution in [0, 0.1) is 29.6 Å². The Hall–Kier alpha value is -3.31. The Morgan fingerprint density at radius 3 is 2.50 bits per heavy atom. The predicted octanol–water partition coefficient (Wildman–Crippen LogP) is 4.26. The maximum atomic E-state index is 13.3. The first-order valence-electron chi connectivity index (χ1n) is 9.36. The van der Waals surface area contributed by atoms with Gasteiger partial charge in [-0.3, -0.25) is 4.79 Å². The van der Waals surface area contributed by atoms with Crippen molar-refractivity contribution in [3.8, 4) is 17.9 Å². The Bertz CT molecular complexity index is 965. The summed E-state index contributed by atoms with van der Waals surface area (Å²) in [4.78, 5) is 15.2. The molecule has 5 heteroatoms. The predicted molar refractivity (Wildman–Crippen MR) is 105 cm³/mol. The summed E-state index contributed by atoms with van der Waals surface area (Å²) in [5, 5.41) is 18.4. The minimum Gasteiger partial charge on any atom is -0.477 e. The van der Waals surface area contributed by atoms with Crippen molar-refractivity contribution in [3.63, 3.8) is 0 Å². The van der Waals surface area contributed by atoms with E-state index in [2.05, 4.69) is 24.3 Å². The van der Waals surface area contributed by atoms with Crippen molar-refractivity contribution in [2.45, 2.75) is 45.3 Å². The average Bonchev–Trinajstić information content (AvgIpc) is 3.17. The molecule has 1 atom stereocenters. The molecule has 0 radical (unpaired) electrons. The Balaban J connectivity index is 1.83. The van der Waals surface area contributed by atoms with Gasteiger partial charge in [0.25, 0.3) is 5.91 Å². The smallest absolute Gasteiger partial charge is 0.266 e. The van der Waals surface area contributed by atoms with Crippen LogP contribution in [0.15, 0.2) is 42.5 Å². The van der Waals surface area contributed by atoms with Gasteiger partial charge in [0, 0.05) is 6.54 Å². The highest BCUT2D eigenvalue weighted by Gasteiger charge is 2.40. The Morgan fingerprint density at radius 2 is 1.86 bits per heavy atom. The molecule has 2 aromatic rings. The summed E-state index contributed by atoms with van der Waals surface area (Å²) < 4.78 is 5.98. The number of nitriles is 2. The largest absolute Gasteiger partial charge is 0.477 e. The van der Waals surface area contributed by atoms with E-state index in [1.165, 1.54) is 11.6 Å². The summed E-state index contributed by atoms with van der Waals surface area (Å²) in [5.41, 5.74) is 1.81. The van der Waals surface area contributed by atoms with Crippen LogP contribution in [0.2, 0.25) is 0 Å². The zero-order chi connectivity index (χ0) is 20.3. The molecule has 1 amide bonds. The lowest BCUT2D eigenvalue weighted by Crippen LogP contribution is -2.48. The van der Waals surface area contributed by atoms with Crippen molar-refractivity contribution >= 4 is 5.91 Å². The molecule has 1 fully saturated rings. The minimum atomic E-state index is -1.13. The maximum absolute atomic E-state index is 13.3. The van der Waals surface area contributed by atoms with E-state index in [-0.39, 0.29) is 17.5 Å². The quantitative estimate of drug-likeness (QED) is 0.802. The van der Waals surface area contributed by atoms with Gasteiger partial charge >= 0.3 is 0 Å². The third kappa shape index (κ3) is 3.85. The number of hydrogen-bond donors (Lipinski definition) is 0. The van der Waals surface area contributed by atoms with Crippen LogP contribution in [0.5, 0.6) is 5.75 Å². The van der Waals surface area contributed by atoms with Crippen LogP contribution in [0.25, 0.3) is 0 Å². The second-order valence-corrected chi connectivity index (χ2v) is 7.61. The monoisotopic (exact) mass is 373 g/mol. The van der Waals surface area contributed by atoms with Gasteiger partial charge in [-0.2, -0.15) is 10.5 Å². The first-order chi connectivity index (χ1) is 13.4. The van der Waals surface area contributed by atoms with Crippen LogP contribution >= 0.6 is 0 Å². The van der Waals surface area contributed by atoms with Crippen molar-refractivity contribution in [2.24, 2.45) is 0 Å². The van der Waals surface area contributed by atoms with E-state index < -0.39 is 5.60 Å². The Morgan fingerprint density at radius 1 is 1.14 bits per heavy atom. The molecule has 0 bridgehead atoms. The molecule has 3 rings (SSSR count). The molecule has 1 aliphatic rings. The average molecular weight is 373 g/mol. The summed E-state index contributed by atoms with van der Waals surface area (Å²) >= 11 is 0. The summed E-state index contributed by atoms with van der Waals surface area (Å²) in [5.74, 6) is 0.203. The molecule has 0 spiro atoms. The number of aryl methyl sites for hydroxylation is 1. The molecule has 5 nitrogen and oxygen atoms in total. The summed E-state index contributed by atoms with van der Waals surface area (Å²) in [6, 6.07) is 17.0. The zero-order valence-corrected chi connectivity index (χ0v) is 16.4. The first kappa shape index (κ1) is 19.5. The van der Waals surface area contributed by atoms with E-state index in [9.17, 15) is 10.1 Å². The molecule has 142 valence electrons. The van der Waals surface area contributed by atoms with Gasteiger partial charge in [-0.15, -0.1) is 0 Å². The van der Waals surface area contributed by atoms with E-state index in [1.54, 1.807) is 26.0 Å². The topological polar surface area (TPSA) is 77.1 Å². The number of amides is 1. The molecular weight excluding hydrogens is 350 g/mol. The van der Waals surface area contributed by atoms with Gasteiger partial charge in [0.15, 0.2) is 5.60 Å². The zero-order valence-electron chi connectivity index (χ0n) is 16.4. The molecule has 28 heavy (non-hydrogen) atoms. The number of ether oxygens (including phenoxy) is 1. The lowest BCUT2D eigenvalue weighted by molar-refractivity contribution is -0.146. The van der Waals surface area contributed by atoms with E-state index >= 15 is 0 Å². The highest BCUT2D eigenvalue weighted by molar-refractivity contribution is 5.85. The van der Waals surface area contributed by atoms with Gasteiger partial charge in [-0.05, 0) is 57.4 Å². The fraction of sp³-hybridized carbons (Fsp3) is 0.348. The molecule has 1 unspecified atom stereocenters.